The smallest absolute Gasteiger partial charge is 0.269 e. The first kappa shape index (κ1) is 25.7. The van der Waals surface area contributed by atoms with Crippen LogP contribution in [0.3, 0.4) is 0 Å². The van der Waals surface area contributed by atoms with Gasteiger partial charge in [-0.15, -0.1) is 0 Å². The number of primary amides is 1. The second-order valence-corrected chi connectivity index (χ2v) is 10.5. The SMILES string of the molecule is CC1C=C(C(N)=O)C=CC2=NC(C(=O)NCc3cccc(CNc4ccc5c(c4)CN(C)CC5)c3)=CCC21. The molecule has 2 heterocycles. The third kappa shape index (κ3) is 5.94. The van der Waals surface area contributed by atoms with Crippen LogP contribution < -0.4 is 16.4 Å². The summed E-state index contributed by atoms with van der Waals surface area (Å²) < 4.78 is 0. The molecule has 5 rings (SSSR count). The van der Waals surface area contributed by atoms with Gasteiger partial charge >= 0.3 is 0 Å². The molecule has 2 unspecified atom stereocenters. The number of aliphatic imine (C=N–C) groups is 1. The van der Waals surface area contributed by atoms with E-state index in [1.807, 2.05) is 37.3 Å². The predicted molar refractivity (Wildman–Crippen MR) is 151 cm³/mol. The zero-order valence-corrected chi connectivity index (χ0v) is 22.0. The van der Waals surface area contributed by atoms with Gasteiger partial charge in [0.25, 0.3) is 5.91 Å². The van der Waals surface area contributed by atoms with Gasteiger partial charge in [-0.2, -0.15) is 0 Å². The highest BCUT2D eigenvalue weighted by atomic mass is 16.2. The Hall–Kier alpha value is -3.97. The number of likely N-dealkylation sites (N-methyl/N-ethyl adjacent to an activating group) is 1. The fourth-order valence-corrected chi connectivity index (χ4v) is 5.34. The van der Waals surface area contributed by atoms with E-state index in [0.29, 0.717) is 30.8 Å². The van der Waals surface area contributed by atoms with Crippen molar-refractivity contribution in [3.05, 3.63) is 100 Å². The van der Waals surface area contributed by atoms with Crippen LogP contribution >= 0.6 is 0 Å². The summed E-state index contributed by atoms with van der Waals surface area (Å²) in [6, 6.07) is 14.9. The van der Waals surface area contributed by atoms with Crippen LogP contribution in [0, 0.1) is 11.8 Å². The molecular formula is C31H35N5O2. The third-order valence-corrected chi connectivity index (χ3v) is 7.57. The molecule has 0 fully saturated rings. The van der Waals surface area contributed by atoms with Gasteiger partial charge in [-0.25, -0.2) is 4.99 Å². The van der Waals surface area contributed by atoms with Gasteiger partial charge in [0, 0.05) is 49.1 Å². The Balaban J connectivity index is 1.17. The number of benzene rings is 2. The van der Waals surface area contributed by atoms with Crippen molar-refractivity contribution in [2.24, 2.45) is 22.6 Å². The van der Waals surface area contributed by atoms with Crippen molar-refractivity contribution < 1.29 is 9.59 Å². The second-order valence-electron chi connectivity index (χ2n) is 10.5. The predicted octanol–water partition coefficient (Wildman–Crippen LogP) is 3.87. The minimum Gasteiger partial charge on any atom is -0.381 e. The Bertz CT molecular complexity index is 1370. The molecule has 2 aromatic carbocycles. The molecule has 196 valence electrons. The molecule has 2 amide bonds. The van der Waals surface area contributed by atoms with E-state index < -0.39 is 5.91 Å². The van der Waals surface area contributed by atoms with E-state index in [1.54, 1.807) is 6.08 Å². The Labute approximate surface area is 224 Å². The molecule has 2 aliphatic heterocycles. The lowest BCUT2D eigenvalue weighted by Crippen LogP contribution is -2.28. The van der Waals surface area contributed by atoms with Crippen LogP contribution in [0.2, 0.25) is 0 Å². The normalized spacial score (nSPS) is 20.7. The standard InChI is InChI=1S/C31H35N5O2/c1-20-14-24(30(32)37)7-10-28-27(20)9-11-29(35-28)31(38)34-18-22-5-3-4-21(15-22)17-33-26-8-6-23-12-13-36(2)19-25(23)16-26/h3-8,10-11,14-16,20,27,33H,9,12-13,17-19H2,1-2H3,(H2,32,37)(H,34,38). The maximum Gasteiger partial charge on any atom is 0.269 e. The van der Waals surface area contributed by atoms with Crippen LogP contribution in [0.5, 0.6) is 0 Å². The summed E-state index contributed by atoms with van der Waals surface area (Å²) in [6.45, 7) is 5.27. The molecule has 7 heteroatoms. The molecule has 1 aliphatic carbocycles. The van der Waals surface area contributed by atoms with Crippen molar-refractivity contribution >= 4 is 23.2 Å². The van der Waals surface area contributed by atoms with E-state index in [-0.39, 0.29) is 17.7 Å². The lowest BCUT2D eigenvalue weighted by Gasteiger charge is -2.25. The van der Waals surface area contributed by atoms with Crippen molar-refractivity contribution in [3.8, 4) is 0 Å². The van der Waals surface area contributed by atoms with E-state index in [1.165, 1.54) is 11.1 Å². The number of nitrogens with zero attached hydrogens (tertiary/aromatic N) is 2. The number of allylic oxidation sites excluding steroid dienone is 3. The van der Waals surface area contributed by atoms with E-state index >= 15 is 0 Å². The molecular weight excluding hydrogens is 474 g/mol. The van der Waals surface area contributed by atoms with Gasteiger partial charge in [-0.1, -0.05) is 49.4 Å². The van der Waals surface area contributed by atoms with Gasteiger partial charge in [0.05, 0.1) is 0 Å². The Kier molecular flexibility index (Phi) is 7.56. The second kappa shape index (κ2) is 11.2. The lowest BCUT2D eigenvalue weighted by atomic mass is 9.85. The zero-order chi connectivity index (χ0) is 26.6. The molecule has 2 aromatic rings. The fourth-order valence-electron chi connectivity index (χ4n) is 5.34. The maximum atomic E-state index is 12.9. The van der Waals surface area contributed by atoms with Crippen molar-refractivity contribution in [1.82, 2.24) is 10.2 Å². The average molecular weight is 510 g/mol. The van der Waals surface area contributed by atoms with Crippen molar-refractivity contribution in [3.63, 3.8) is 0 Å². The quantitative estimate of drug-likeness (QED) is 0.528. The summed E-state index contributed by atoms with van der Waals surface area (Å²) in [4.78, 5) is 31.5. The summed E-state index contributed by atoms with van der Waals surface area (Å²) in [5.41, 5.74) is 13.3. The van der Waals surface area contributed by atoms with Gasteiger partial charge in [0.1, 0.15) is 5.70 Å². The first-order valence-electron chi connectivity index (χ1n) is 13.2. The minimum absolute atomic E-state index is 0.103. The summed E-state index contributed by atoms with van der Waals surface area (Å²) in [5, 5.41) is 6.55. The van der Waals surface area contributed by atoms with E-state index in [0.717, 1.165) is 42.0 Å². The molecule has 0 bridgehead atoms. The van der Waals surface area contributed by atoms with Crippen LogP contribution in [0.1, 0.15) is 35.6 Å². The molecule has 0 spiro atoms. The summed E-state index contributed by atoms with van der Waals surface area (Å²) >= 11 is 0. The number of nitrogens with one attached hydrogen (secondary N) is 2. The topological polar surface area (TPSA) is 99.8 Å². The van der Waals surface area contributed by atoms with Gasteiger partial charge in [-0.3, -0.25) is 9.59 Å². The van der Waals surface area contributed by atoms with Crippen molar-refractivity contribution in [1.29, 1.82) is 0 Å². The van der Waals surface area contributed by atoms with Crippen LogP contribution in [0.4, 0.5) is 5.69 Å². The number of rotatable bonds is 7. The molecule has 3 aliphatic rings. The molecule has 0 saturated heterocycles. The zero-order valence-electron chi connectivity index (χ0n) is 22.0. The van der Waals surface area contributed by atoms with Crippen LogP contribution in [-0.4, -0.2) is 36.0 Å². The molecule has 0 radical (unpaired) electrons. The fraction of sp³-hybridized carbons (Fsp3) is 0.323. The number of hydrogen-bond donors (Lipinski definition) is 3. The van der Waals surface area contributed by atoms with Crippen molar-refractivity contribution in [2.75, 3.05) is 18.9 Å². The third-order valence-electron chi connectivity index (χ3n) is 7.57. The average Bonchev–Trinajstić information content (AvgIpc) is 3.09. The van der Waals surface area contributed by atoms with Gasteiger partial charge < -0.3 is 21.3 Å². The summed E-state index contributed by atoms with van der Waals surface area (Å²) in [5.74, 6) is -0.427. The highest BCUT2D eigenvalue weighted by Gasteiger charge is 2.27. The number of carbonyl (C=O) groups excluding carboxylic acids is 2. The Morgan fingerprint density at radius 3 is 2.71 bits per heavy atom. The molecule has 4 N–H and O–H groups in total. The van der Waals surface area contributed by atoms with Gasteiger partial charge in [-0.05, 0) is 72.3 Å². The molecule has 2 atom stereocenters. The first-order valence-corrected chi connectivity index (χ1v) is 13.2. The Morgan fingerprint density at radius 2 is 1.89 bits per heavy atom. The summed E-state index contributed by atoms with van der Waals surface area (Å²) in [7, 11) is 2.16. The minimum atomic E-state index is -0.453. The van der Waals surface area contributed by atoms with Crippen molar-refractivity contribution in [2.45, 2.75) is 39.4 Å². The lowest BCUT2D eigenvalue weighted by molar-refractivity contribution is -0.117. The number of anilines is 1. The number of amides is 2. The first-order chi connectivity index (χ1) is 18.4. The van der Waals surface area contributed by atoms with E-state index in [2.05, 4.69) is 57.9 Å². The molecule has 38 heavy (non-hydrogen) atoms. The number of hydrogen-bond acceptors (Lipinski definition) is 5. The monoisotopic (exact) mass is 509 g/mol. The van der Waals surface area contributed by atoms with Gasteiger partial charge in [0.15, 0.2) is 0 Å². The number of carbonyl (C=O) groups is 2. The highest BCUT2D eigenvalue weighted by molar-refractivity contribution is 6.06. The largest absolute Gasteiger partial charge is 0.381 e. The Morgan fingerprint density at radius 1 is 1.08 bits per heavy atom. The van der Waals surface area contributed by atoms with Crippen LogP contribution in [0.15, 0.2) is 83.0 Å². The molecule has 0 aromatic heterocycles. The van der Waals surface area contributed by atoms with Gasteiger partial charge in [0.2, 0.25) is 5.91 Å². The van der Waals surface area contributed by atoms with Crippen LogP contribution in [-0.2, 0) is 35.6 Å². The molecule has 7 nitrogen and oxygen atoms in total. The van der Waals surface area contributed by atoms with E-state index in [9.17, 15) is 9.59 Å². The number of nitrogens with two attached hydrogens (primary N) is 1. The molecule has 0 saturated carbocycles. The van der Waals surface area contributed by atoms with E-state index in [4.69, 9.17) is 5.73 Å². The maximum absolute atomic E-state index is 12.9. The van der Waals surface area contributed by atoms with Crippen LogP contribution in [0.25, 0.3) is 0 Å². The number of fused-ring (bicyclic) bond motifs is 2. The highest BCUT2D eigenvalue weighted by Crippen LogP contribution is 2.29. The summed E-state index contributed by atoms with van der Waals surface area (Å²) in [6.07, 6.45) is 9.07.